The van der Waals surface area contributed by atoms with Gasteiger partial charge in [0, 0.05) is 0 Å². The van der Waals surface area contributed by atoms with Crippen LogP contribution in [0, 0.1) is 6.92 Å². The van der Waals surface area contributed by atoms with Gasteiger partial charge in [0.25, 0.3) is 0 Å². The van der Waals surface area contributed by atoms with Crippen LogP contribution >= 0.6 is 0 Å². The van der Waals surface area contributed by atoms with Gasteiger partial charge >= 0.3 is 0 Å². The first-order valence-corrected chi connectivity index (χ1v) is 6.06. The van der Waals surface area contributed by atoms with E-state index >= 15 is 0 Å². The molecule has 0 radical (unpaired) electrons. The van der Waals surface area contributed by atoms with Crippen molar-refractivity contribution >= 4 is 0 Å². The highest BCUT2D eigenvalue weighted by Crippen LogP contribution is 2.42. The lowest BCUT2D eigenvalue weighted by Gasteiger charge is -2.24. The highest BCUT2D eigenvalue weighted by atomic mass is 14.4. The van der Waals surface area contributed by atoms with Crippen molar-refractivity contribution in [2.45, 2.75) is 58.8 Å². The smallest absolute Gasteiger partial charge is 0.00949 e. The molecule has 82 valence electrons. The average molecular weight is 202 g/mol. The monoisotopic (exact) mass is 202 g/mol. The molecule has 0 heterocycles. The van der Waals surface area contributed by atoms with E-state index in [2.05, 4.69) is 46.8 Å². The van der Waals surface area contributed by atoms with Gasteiger partial charge in [0.2, 0.25) is 0 Å². The summed E-state index contributed by atoms with van der Waals surface area (Å²) in [6.45, 7) is 11.7. The normalized spacial score (nSPS) is 18.3. The minimum atomic E-state index is 0.393. The number of benzene rings is 1. The van der Waals surface area contributed by atoms with Gasteiger partial charge in [-0.2, -0.15) is 0 Å². The maximum atomic E-state index is 2.38. The Bertz CT molecular complexity index is 383. The van der Waals surface area contributed by atoms with E-state index in [0.717, 1.165) is 0 Å². The molecule has 0 unspecified atom stereocenters. The predicted molar refractivity (Wildman–Crippen MR) is 66.6 cm³/mol. The molecule has 1 aromatic carbocycles. The van der Waals surface area contributed by atoms with Crippen LogP contribution in [0.1, 0.15) is 62.3 Å². The molecule has 0 fully saturated rings. The number of aryl methyl sites for hydroxylation is 1. The molecule has 0 heteroatoms. The summed E-state index contributed by atoms with van der Waals surface area (Å²) in [4.78, 5) is 0. The van der Waals surface area contributed by atoms with Gasteiger partial charge in [-0.3, -0.25) is 0 Å². The Hall–Kier alpha value is -0.780. The third kappa shape index (κ3) is 1.60. The minimum absolute atomic E-state index is 0.393. The Morgan fingerprint density at radius 3 is 2.47 bits per heavy atom. The summed E-state index contributed by atoms with van der Waals surface area (Å²) in [5, 5.41) is 0. The quantitative estimate of drug-likeness (QED) is 0.635. The molecule has 1 aliphatic rings. The van der Waals surface area contributed by atoms with Crippen LogP contribution in [0.15, 0.2) is 12.1 Å². The van der Waals surface area contributed by atoms with Gasteiger partial charge in [-0.05, 0) is 53.4 Å². The summed E-state index contributed by atoms with van der Waals surface area (Å²) < 4.78 is 0. The first-order valence-electron chi connectivity index (χ1n) is 6.06. The minimum Gasteiger partial charge on any atom is -0.0587 e. The lowest BCUT2D eigenvalue weighted by molar-refractivity contribution is 0.519. The van der Waals surface area contributed by atoms with Crippen molar-refractivity contribution < 1.29 is 0 Å². The summed E-state index contributed by atoms with van der Waals surface area (Å²) in [6, 6.07) is 4.69. The SMILES string of the molecule is Cc1c(C(C)C)ccc2c1C(C)(C)CC2. The molecule has 1 aromatic rings. The molecule has 0 nitrogen and oxygen atoms in total. The fourth-order valence-corrected chi connectivity index (χ4v) is 3.13. The van der Waals surface area contributed by atoms with Crippen LogP contribution in [0.5, 0.6) is 0 Å². The molecule has 0 N–H and O–H groups in total. The summed E-state index contributed by atoms with van der Waals surface area (Å²) in [5.41, 5.74) is 6.69. The van der Waals surface area contributed by atoms with Crippen molar-refractivity contribution in [3.8, 4) is 0 Å². The average Bonchev–Trinajstić information content (AvgIpc) is 2.42. The Labute approximate surface area is 93.7 Å². The summed E-state index contributed by atoms with van der Waals surface area (Å²) in [5.74, 6) is 0.645. The Morgan fingerprint density at radius 1 is 1.20 bits per heavy atom. The van der Waals surface area contributed by atoms with E-state index in [1.165, 1.54) is 18.4 Å². The van der Waals surface area contributed by atoms with Gasteiger partial charge in [0.1, 0.15) is 0 Å². The van der Waals surface area contributed by atoms with E-state index in [1.54, 1.807) is 16.7 Å². The number of hydrogen-bond donors (Lipinski definition) is 0. The van der Waals surface area contributed by atoms with E-state index in [1.807, 2.05) is 0 Å². The van der Waals surface area contributed by atoms with Crippen molar-refractivity contribution in [1.82, 2.24) is 0 Å². The second-order valence-corrected chi connectivity index (χ2v) is 5.85. The van der Waals surface area contributed by atoms with Crippen LogP contribution in [0.25, 0.3) is 0 Å². The third-order valence-corrected chi connectivity index (χ3v) is 3.91. The fraction of sp³-hybridized carbons (Fsp3) is 0.600. The number of rotatable bonds is 1. The molecule has 0 saturated carbocycles. The van der Waals surface area contributed by atoms with Crippen molar-refractivity contribution in [1.29, 1.82) is 0 Å². The second-order valence-electron chi connectivity index (χ2n) is 5.85. The molecular weight excluding hydrogens is 180 g/mol. The maximum absolute atomic E-state index is 2.38. The molecule has 15 heavy (non-hydrogen) atoms. The zero-order valence-corrected chi connectivity index (χ0v) is 10.6. The van der Waals surface area contributed by atoms with Crippen LogP contribution < -0.4 is 0 Å². The molecule has 0 aliphatic heterocycles. The zero-order chi connectivity index (χ0) is 11.2. The molecule has 2 rings (SSSR count). The Morgan fingerprint density at radius 2 is 1.87 bits per heavy atom. The zero-order valence-electron chi connectivity index (χ0n) is 10.6. The van der Waals surface area contributed by atoms with E-state index < -0.39 is 0 Å². The topological polar surface area (TPSA) is 0 Å². The van der Waals surface area contributed by atoms with Crippen LogP contribution in [0.4, 0.5) is 0 Å². The van der Waals surface area contributed by atoms with E-state index in [4.69, 9.17) is 0 Å². The van der Waals surface area contributed by atoms with Gasteiger partial charge in [-0.25, -0.2) is 0 Å². The van der Waals surface area contributed by atoms with Gasteiger partial charge in [0.15, 0.2) is 0 Å². The standard InChI is InChI=1S/C15H22/c1-10(2)13-7-6-12-8-9-15(4,5)14(12)11(13)3/h6-7,10H,8-9H2,1-5H3. The Balaban J connectivity index is 2.62. The fourth-order valence-electron chi connectivity index (χ4n) is 3.13. The van der Waals surface area contributed by atoms with Gasteiger partial charge < -0.3 is 0 Å². The van der Waals surface area contributed by atoms with Gasteiger partial charge in [-0.15, -0.1) is 0 Å². The van der Waals surface area contributed by atoms with E-state index in [9.17, 15) is 0 Å². The van der Waals surface area contributed by atoms with Crippen LogP contribution in [-0.2, 0) is 11.8 Å². The summed E-state index contributed by atoms with van der Waals surface area (Å²) >= 11 is 0. The first-order chi connectivity index (χ1) is 6.93. The second kappa shape index (κ2) is 3.37. The highest BCUT2D eigenvalue weighted by Gasteiger charge is 2.31. The van der Waals surface area contributed by atoms with Crippen molar-refractivity contribution in [2.75, 3.05) is 0 Å². The van der Waals surface area contributed by atoms with Crippen LogP contribution in [0.3, 0.4) is 0 Å². The summed E-state index contributed by atoms with van der Waals surface area (Å²) in [6.07, 6.45) is 2.58. The molecular formula is C15H22. The highest BCUT2D eigenvalue weighted by molar-refractivity contribution is 5.48. The van der Waals surface area contributed by atoms with Crippen molar-refractivity contribution in [2.24, 2.45) is 0 Å². The van der Waals surface area contributed by atoms with Crippen LogP contribution in [-0.4, -0.2) is 0 Å². The molecule has 0 aromatic heterocycles. The molecule has 0 bridgehead atoms. The molecule has 1 aliphatic carbocycles. The van der Waals surface area contributed by atoms with Crippen molar-refractivity contribution in [3.63, 3.8) is 0 Å². The van der Waals surface area contributed by atoms with Crippen molar-refractivity contribution in [3.05, 3.63) is 34.4 Å². The lowest BCUT2D eigenvalue weighted by atomic mass is 9.81. The molecule has 0 spiro atoms. The van der Waals surface area contributed by atoms with Gasteiger partial charge in [-0.1, -0.05) is 39.8 Å². The van der Waals surface area contributed by atoms with E-state index in [-0.39, 0.29) is 0 Å². The van der Waals surface area contributed by atoms with Gasteiger partial charge in [0.05, 0.1) is 0 Å². The lowest BCUT2D eigenvalue weighted by Crippen LogP contribution is -2.14. The third-order valence-electron chi connectivity index (χ3n) is 3.91. The molecule has 0 amide bonds. The Kier molecular flexibility index (Phi) is 2.41. The predicted octanol–water partition coefficient (Wildman–Crippen LogP) is 4.34. The maximum Gasteiger partial charge on any atom is -0.00949 e. The summed E-state index contributed by atoms with van der Waals surface area (Å²) in [7, 11) is 0. The molecule has 0 saturated heterocycles. The number of hydrogen-bond acceptors (Lipinski definition) is 0. The largest absolute Gasteiger partial charge is 0.0587 e. The molecule has 0 atom stereocenters. The first kappa shape index (κ1) is 10.7. The number of fused-ring (bicyclic) bond motifs is 1. The van der Waals surface area contributed by atoms with Crippen LogP contribution in [0.2, 0.25) is 0 Å². The van der Waals surface area contributed by atoms with E-state index in [0.29, 0.717) is 11.3 Å².